The molecule has 0 saturated carbocycles. The van der Waals surface area contributed by atoms with Gasteiger partial charge in [-0.05, 0) is 49.4 Å². The van der Waals surface area contributed by atoms with Gasteiger partial charge >= 0.3 is 5.97 Å². The Labute approximate surface area is 167 Å². The molecule has 1 aromatic heterocycles. The average Bonchev–Trinajstić information content (AvgIpc) is 2.73. The predicted molar refractivity (Wildman–Crippen MR) is 107 cm³/mol. The van der Waals surface area contributed by atoms with Crippen molar-refractivity contribution in [3.05, 3.63) is 77.1 Å². The number of esters is 1. The number of hydrogen-bond donors (Lipinski definition) is 2. The van der Waals surface area contributed by atoms with Crippen LogP contribution >= 0.6 is 0 Å². The zero-order valence-corrected chi connectivity index (χ0v) is 15.8. The SMILES string of the molecule is COC(=O)c1ccc(Nc2nc(C)cc(C(=O)Nc3ccccc3C#N)n2)cc1. The van der Waals surface area contributed by atoms with E-state index in [0.717, 1.165) is 0 Å². The first-order valence-corrected chi connectivity index (χ1v) is 8.61. The highest BCUT2D eigenvalue weighted by Gasteiger charge is 2.13. The first-order valence-electron chi connectivity index (χ1n) is 8.61. The van der Waals surface area contributed by atoms with Crippen molar-refractivity contribution in [2.24, 2.45) is 0 Å². The largest absolute Gasteiger partial charge is 0.465 e. The minimum atomic E-state index is -0.456. The maximum atomic E-state index is 12.6. The number of aryl methyl sites for hydroxylation is 1. The van der Waals surface area contributed by atoms with Crippen molar-refractivity contribution < 1.29 is 14.3 Å². The average molecular weight is 387 g/mol. The van der Waals surface area contributed by atoms with Crippen molar-refractivity contribution >= 4 is 29.2 Å². The number of hydrogen-bond acceptors (Lipinski definition) is 7. The van der Waals surface area contributed by atoms with Gasteiger partial charge in [0.25, 0.3) is 5.91 Å². The summed E-state index contributed by atoms with van der Waals surface area (Å²) in [6.07, 6.45) is 0. The minimum Gasteiger partial charge on any atom is -0.465 e. The van der Waals surface area contributed by atoms with Crippen molar-refractivity contribution in [2.45, 2.75) is 6.92 Å². The monoisotopic (exact) mass is 387 g/mol. The van der Waals surface area contributed by atoms with Gasteiger partial charge in [-0.2, -0.15) is 5.26 Å². The zero-order valence-electron chi connectivity index (χ0n) is 15.8. The summed E-state index contributed by atoms with van der Waals surface area (Å²) in [4.78, 5) is 32.6. The molecule has 0 radical (unpaired) electrons. The number of ether oxygens (including phenoxy) is 1. The van der Waals surface area contributed by atoms with Gasteiger partial charge in [-0.1, -0.05) is 12.1 Å². The van der Waals surface area contributed by atoms with Crippen molar-refractivity contribution in [1.29, 1.82) is 5.26 Å². The van der Waals surface area contributed by atoms with E-state index >= 15 is 0 Å². The molecule has 0 unspecified atom stereocenters. The third-order valence-electron chi connectivity index (χ3n) is 3.94. The Morgan fingerprint density at radius 2 is 1.79 bits per heavy atom. The molecule has 0 bridgehead atoms. The molecule has 29 heavy (non-hydrogen) atoms. The van der Waals surface area contributed by atoms with Gasteiger partial charge < -0.3 is 15.4 Å². The van der Waals surface area contributed by atoms with Gasteiger partial charge in [0.2, 0.25) is 5.95 Å². The number of rotatable bonds is 5. The Bertz CT molecular complexity index is 1100. The number of nitrogens with zero attached hydrogens (tertiary/aromatic N) is 3. The maximum Gasteiger partial charge on any atom is 0.337 e. The molecule has 3 rings (SSSR count). The molecule has 3 aromatic rings. The molecule has 0 aliphatic heterocycles. The summed E-state index contributed by atoms with van der Waals surface area (Å²) >= 11 is 0. The second kappa shape index (κ2) is 8.63. The number of carbonyl (C=O) groups is 2. The lowest BCUT2D eigenvalue weighted by atomic mass is 10.2. The molecular weight excluding hydrogens is 370 g/mol. The molecule has 0 fully saturated rings. The normalized spacial score (nSPS) is 9.97. The van der Waals surface area contributed by atoms with Crippen molar-refractivity contribution in [2.75, 3.05) is 17.7 Å². The van der Waals surface area contributed by atoms with Crippen LogP contribution < -0.4 is 10.6 Å². The van der Waals surface area contributed by atoms with Gasteiger partial charge in [-0.15, -0.1) is 0 Å². The van der Waals surface area contributed by atoms with Gasteiger partial charge in [0.05, 0.1) is 23.9 Å². The zero-order chi connectivity index (χ0) is 20.8. The van der Waals surface area contributed by atoms with Crippen LogP contribution in [0.2, 0.25) is 0 Å². The minimum absolute atomic E-state index is 0.152. The van der Waals surface area contributed by atoms with Gasteiger partial charge in [0.15, 0.2) is 0 Å². The number of aromatic nitrogens is 2. The van der Waals surface area contributed by atoms with E-state index in [2.05, 4.69) is 25.3 Å². The van der Waals surface area contributed by atoms with E-state index in [9.17, 15) is 9.59 Å². The lowest BCUT2D eigenvalue weighted by molar-refractivity contribution is 0.0600. The molecule has 0 aliphatic carbocycles. The lowest BCUT2D eigenvalue weighted by Gasteiger charge is -2.10. The highest BCUT2D eigenvalue weighted by molar-refractivity contribution is 6.03. The van der Waals surface area contributed by atoms with E-state index in [-0.39, 0.29) is 11.6 Å². The molecule has 2 N–H and O–H groups in total. The fraction of sp³-hybridized carbons (Fsp3) is 0.0952. The van der Waals surface area contributed by atoms with E-state index in [1.54, 1.807) is 61.5 Å². The molecule has 0 atom stereocenters. The summed E-state index contributed by atoms with van der Waals surface area (Å²) in [5, 5.41) is 14.9. The van der Waals surface area contributed by atoms with E-state index in [1.807, 2.05) is 6.07 Å². The van der Waals surface area contributed by atoms with Gasteiger partial charge in [0, 0.05) is 11.4 Å². The number of para-hydroxylation sites is 1. The molecule has 0 aliphatic rings. The maximum absolute atomic E-state index is 12.6. The van der Waals surface area contributed by atoms with Gasteiger partial charge in [-0.3, -0.25) is 4.79 Å². The van der Waals surface area contributed by atoms with Crippen molar-refractivity contribution in [3.8, 4) is 6.07 Å². The Kier molecular flexibility index (Phi) is 5.80. The number of methoxy groups -OCH3 is 1. The second-order valence-corrected chi connectivity index (χ2v) is 6.02. The van der Waals surface area contributed by atoms with Gasteiger partial charge in [0.1, 0.15) is 11.8 Å². The first kappa shape index (κ1) is 19.5. The number of nitrogens with one attached hydrogen (secondary N) is 2. The predicted octanol–water partition coefficient (Wildman–Crippen LogP) is 3.44. The third-order valence-corrected chi connectivity index (χ3v) is 3.94. The van der Waals surface area contributed by atoms with Crippen LogP contribution in [0.4, 0.5) is 17.3 Å². The van der Waals surface area contributed by atoms with Crippen LogP contribution in [0.1, 0.15) is 32.1 Å². The first-order chi connectivity index (χ1) is 14.0. The highest BCUT2D eigenvalue weighted by atomic mass is 16.5. The van der Waals surface area contributed by atoms with E-state index in [1.165, 1.54) is 7.11 Å². The van der Waals surface area contributed by atoms with Crippen LogP contribution in [0.5, 0.6) is 0 Å². The Hall–Kier alpha value is -4.25. The molecule has 144 valence electrons. The Morgan fingerprint density at radius 3 is 2.48 bits per heavy atom. The summed E-state index contributed by atoms with van der Waals surface area (Å²) in [6.45, 7) is 1.74. The summed E-state index contributed by atoms with van der Waals surface area (Å²) in [6, 6.07) is 16.9. The van der Waals surface area contributed by atoms with Crippen LogP contribution in [-0.4, -0.2) is 29.0 Å². The molecule has 0 spiro atoms. The lowest BCUT2D eigenvalue weighted by Crippen LogP contribution is -2.16. The van der Waals surface area contributed by atoms with Crippen molar-refractivity contribution in [1.82, 2.24) is 9.97 Å². The third kappa shape index (κ3) is 4.73. The number of carbonyl (C=O) groups excluding carboxylic acids is 2. The standard InChI is InChI=1S/C21H17N5O3/c1-13-11-18(19(27)25-17-6-4-3-5-15(17)12-22)26-21(23-13)24-16-9-7-14(8-10-16)20(28)29-2/h3-11H,1-2H3,(H,25,27)(H,23,24,26). The van der Waals surface area contributed by atoms with Crippen LogP contribution in [0.15, 0.2) is 54.6 Å². The fourth-order valence-electron chi connectivity index (χ4n) is 2.55. The Balaban J connectivity index is 1.80. The molecule has 1 amide bonds. The molecule has 0 saturated heterocycles. The van der Waals surface area contributed by atoms with Gasteiger partial charge in [-0.25, -0.2) is 14.8 Å². The van der Waals surface area contributed by atoms with Crippen LogP contribution in [0.25, 0.3) is 0 Å². The molecule has 8 heteroatoms. The summed E-state index contributed by atoms with van der Waals surface area (Å²) < 4.78 is 4.67. The molecule has 2 aromatic carbocycles. The van der Waals surface area contributed by atoms with Crippen molar-refractivity contribution in [3.63, 3.8) is 0 Å². The number of amides is 1. The second-order valence-electron chi connectivity index (χ2n) is 6.02. The highest BCUT2D eigenvalue weighted by Crippen LogP contribution is 2.18. The summed E-state index contributed by atoms with van der Waals surface area (Å²) in [5.74, 6) is -0.656. The number of nitriles is 1. The van der Waals surface area contributed by atoms with Crippen LogP contribution in [-0.2, 0) is 4.74 Å². The molecule has 1 heterocycles. The molecular formula is C21H17N5O3. The quantitative estimate of drug-likeness (QED) is 0.644. The van der Waals surface area contributed by atoms with Crippen LogP contribution in [0.3, 0.4) is 0 Å². The summed E-state index contributed by atoms with van der Waals surface area (Å²) in [7, 11) is 1.32. The Morgan fingerprint density at radius 1 is 1.07 bits per heavy atom. The van der Waals surface area contributed by atoms with Crippen LogP contribution in [0, 0.1) is 18.3 Å². The van der Waals surface area contributed by atoms with E-state index in [0.29, 0.717) is 28.2 Å². The topological polar surface area (TPSA) is 117 Å². The summed E-state index contributed by atoms with van der Waals surface area (Å²) in [5.41, 5.74) is 2.56. The smallest absolute Gasteiger partial charge is 0.337 e. The fourth-order valence-corrected chi connectivity index (χ4v) is 2.55. The molecule has 8 nitrogen and oxygen atoms in total. The van der Waals surface area contributed by atoms with E-state index < -0.39 is 11.9 Å². The number of benzene rings is 2. The van der Waals surface area contributed by atoms with E-state index in [4.69, 9.17) is 5.26 Å². The number of anilines is 3.